The second kappa shape index (κ2) is 10.3. The number of hydrogen-bond acceptors (Lipinski definition) is 4. The predicted octanol–water partition coefficient (Wildman–Crippen LogP) is 5.64. The summed E-state index contributed by atoms with van der Waals surface area (Å²) in [4.78, 5) is 24.5. The molecule has 3 aromatic rings. The topological polar surface area (TPSA) is 76.7 Å². The highest BCUT2D eigenvalue weighted by Crippen LogP contribution is 2.33. The van der Waals surface area contributed by atoms with E-state index in [1.165, 1.54) is 31.4 Å². The standard InChI is InChI=1S/C23H18ClF3N2O4/c1-32-20-5-3-2-4-18(20)29-22(31)14-6-9-16(10-7-14)33-13-21(30)28-19-12-15(23(25,26)27)8-11-17(19)24/h2-12H,13H2,1H3,(H,28,30)(H,29,31). The SMILES string of the molecule is COc1ccccc1NC(=O)c1ccc(OCC(=O)Nc2cc(C(F)(F)F)ccc2Cl)cc1. The van der Waals surface area contributed by atoms with E-state index in [1.54, 1.807) is 24.3 Å². The Morgan fingerprint density at radius 3 is 2.30 bits per heavy atom. The Bertz CT molecular complexity index is 1150. The molecule has 0 aromatic heterocycles. The molecular weight excluding hydrogens is 461 g/mol. The van der Waals surface area contributed by atoms with E-state index in [0.29, 0.717) is 17.0 Å². The summed E-state index contributed by atoms with van der Waals surface area (Å²) in [7, 11) is 1.49. The molecule has 0 radical (unpaired) electrons. The minimum absolute atomic E-state index is 0.0400. The molecule has 0 aliphatic heterocycles. The molecule has 6 nitrogen and oxygen atoms in total. The van der Waals surface area contributed by atoms with E-state index in [4.69, 9.17) is 21.1 Å². The van der Waals surface area contributed by atoms with Crippen LogP contribution in [0.15, 0.2) is 66.7 Å². The quantitative estimate of drug-likeness (QED) is 0.461. The van der Waals surface area contributed by atoms with Gasteiger partial charge in [0, 0.05) is 5.56 Å². The van der Waals surface area contributed by atoms with Crippen LogP contribution >= 0.6 is 11.6 Å². The Labute approximate surface area is 192 Å². The lowest BCUT2D eigenvalue weighted by atomic mass is 10.2. The minimum Gasteiger partial charge on any atom is -0.495 e. The number of hydrogen-bond donors (Lipinski definition) is 2. The van der Waals surface area contributed by atoms with Crippen LogP contribution in [0.1, 0.15) is 15.9 Å². The van der Waals surface area contributed by atoms with Gasteiger partial charge in [-0.25, -0.2) is 0 Å². The fourth-order valence-corrected chi connectivity index (χ4v) is 2.94. The first-order chi connectivity index (χ1) is 15.7. The van der Waals surface area contributed by atoms with Gasteiger partial charge in [-0.3, -0.25) is 9.59 Å². The number of halogens is 4. The highest BCUT2D eigenvalue weighted by atomic mass is 35.5. The first kappa shape index (κ1) is 23.9. The smallest absolute Gasteiger partial charge is 0.416 e. The van der Waals surface area contributed by atoms with Crippen molar-refractivity contribution in [2.24, 2.45) is 0 Å². The van der Waals surface area contributed by atoms with Crippen LogP contribution in [-0.2, 0) is 11.0 Å². The lowest BCUT2D eigenvalue weighted by Gasteiger charge is -2.12. The molecule has 10 heteroatoms. The van der Waals surface area contributed by atoms with Gasteiger partial charge in [-0.15, -0.1) is 0 Å². The van der Waals surface area contributed by atoms with E-state index >= 15 is 0 Å². The van der Waals surface area contributed by atoms with Gasteiger partial charge in [0.25, 0.3) is 11.8 Å². The number of amides is 2. The van der Waals surface area contributed by atoms with Crippen molar-refractivity contribution < 1.29 is 32.2 Å². The van der Waals surface area contributed by atoms with Crippen LogP contribution in [-0.4, -0.2) is 25.5 Å². The number of carbonyl (C=O) groups is 2. The maximum absolute atomic E-state index is 12.8. The zero-order valence-corrected chi connectivity index (χ0v) is 18.0. The molecule has 0 saturated carbocycles. The second-order valence-electron chi connectivity index (χ2n) is 6.71. The molecule has 172 valence electrons. The number of nitrogens with one attached hydrogen (secondary N) is 2. The Morgan fingerprint density at radius 2 is 1.64 bits per heavy atom. The molecule has 33 heavy (non-hydrogen) atoms. The molecule has 3 rings (SSSR count). The average Bonchev–Trinajstić information content (AvgIpc) is 2.79. The van der Waals surface area contributed by atoms with E-state index in [2.05, 4.69) is 10.6 Å². The lowest BCUT2D eigenvalue weighted by molar-refractivity contribution is -0.137. The van der Waals surface area contributed by atoms with Crippen molar-refractivity contribution >= 4 is 34.8 Å². The zero-order chi connectivity index (χ0) is 24.0. The van der Waals surface area contributed by atoms with Gasteiger partial charge >= 0.3 is 6.18 Å². The third-order valence-corrected chi connectivity index (χ3v) is 4.74. The molecular formula is C23H18ClF3N2O4. The van der Waals surface area contributed by atoms with Gasteiger partial charge in [0.2, 0.25) is 0 Å². The van der Waals surface area contributed by atoms with Crippen molar-refractivity contribution in [2.75, 3.05) is 24.4 Å². The lowest BCUT2D eigenvalue weighted by Crippen LogP contribution is -2.21. The van der Waals surface area contributed by atoms with E-state index in [1.807, 2.05) is 0 Å². The van der Waals surface area contributed by atoms with Gasteiger partial charge in [-0.1, -0.05) is 23.7 Å². The summed E-state index contributed by atoms with van der Waals surface area (Å²) in [5, 5.41) is 4.98. The Hall–Kier alpha value is -3.72. The predicted molar refractivity (Wildman–Crippen MR) is 118 cm³/mol. The Kier molecular flexibility index (Phi) is 7.44. The third-order valence-electron chi connectivity index (χ3n) is 4.41. The number of para-hydroxylation sites is 2. The molecule has 3 aromatic carbocycles. The average molecular weight is 479 g/mol. The molecule has 0 spiro atoms. The first-order valence-corrected chi connectivity index (χ1v) is 9.89. The summed E-state index contributed by atoms with van der Waals surface area (Å²) in [6.45, 7) is -0.473. The fraction of sp³-hybridized carbons (Fsp3) is 0.130. The number of benzene rings is 3. The monoisotopic (exact) mass is 478 g/mol. The van der Waals surface area contributed by atoms with Crippen LogP contribution in [0.3, 0.4) is 0 Å². The summed E-state index contributed by atoms with van der Waals surface area (Å²) in [6.07, 6.45) is -4.57. The molecule has 2 amide bonds. The van der Waals surface area contributed by atoms with Crippen LogP contribution in [0.4, 0.5) is 24.5 Å². The number of alkyl halides is 3. The number of ether oxygens (including phenoxy) is 2. The first-order valence-electron chi connectivity index (χ1n) is 9.51. The molecule has 0 bridgehead atoms. The van der Waals surface area contributed by atoms with Crippen molar-refractivity contribution in [1.29, 1.82) is 0 Å². The van der Waals surface area contributed by atoms with Gasteiger partial charge < -0.3 is 20.1 Å². The van der Waals surface area contributed by atoms with Crippen LogP contribution in [0, 0.1) is 0 Å². The van der Waals surface area contributed by atoms with Crippen molar-refractivity contribution in [3.63, 3.8) is 0 Å². The van der Waals surface area contributed by atoms with Gasteiger partial charge in [0.15, 0.2) is 6.61 Å². The highest BCUT2D eigenvalue weighted by molar-refractivity contribution is 6.33. The molecule has 0 saturated heterocycles. The van der Waals surface area contributed by atoms with Crippen molar-refractivity contribution in [1.82, 2.24) is 0 Å². The largest absolute Gasteiger partial charge is 0.495 e. The van der Waals surface area contributed by atoms with Crippen LogP contribution in [0.2, 0.25) is 5.02 Å². The van der Waals surface area contributed by atoms with E-state index in [-0.39, 0.29) is 22.4 Å². The van der Waals surface area contributed by atoms with Crippen LogP contribution in [0.25, 0.3) is 0 Å². The molecule has 0 unspecified atom stereocenters. The molecule has 0 heterocycles. The summed E-state index contributed by atoms with van der Waals surface area (Å²) < 4.78 is 49.1. The molecule has 0 fully saturated rings. The van der Waals surface area contributed by atoms with Crippen LogP contribution < -0.4 is 20.1 Å². The fourth-order valence-electron chi connectivity index (χ4n) is 2.78. The Balaban J connectivity index is 1.57. The van der Waals surface area contributed by atoms with Crippen molar-refractivity contribution in [2.45, 2.75) is 6.18 Å². The summed E-state index contributed by atoms with van der Waals surface area (Å²) in [6, 6.07) is 15.5. The number of anilines is 2. The third kappa shape index (κ3) is 6.39. The second-order valence-corrected chi connectivity index (χ2v) is 7.12. The summed E-state index contributed by atoms with van der Waals surface area (Å²) >= 11 is 5.86. The molecule has 0 aliphatic carbocycles. The van der Waals surface area contributed by atoms with Gasteiger partial charge in [-0.2, -0.15) is 13.2 Å². The molecule has 2 N–H and O–H groups in total. The van der Waals surface area contributed by atoms with E-state index < -0.39 is 24.3 Å². The minimum atomic E-state index is -4.57. The summed E-state index contributed by atoms with van der Waals surface area (Å²) in [5.74, 6) is -0.274. The number of rotatable bonds is 7. The van der Waals surface area contributed by atoms with E-state index in [9.17, 15) is 22.8 Å². The van der Waals surface area contributed by atoms with Crippen molar-refractivity contribution in [3.05, 3.63) is 82.9 Å². The van der Waals surface area contributed by atoms with Gasteiger partial charge in [-0.05, 0) is 54.6 Å². The highest BCUT2D eigenvalue weighted by Gasteiger charge is 2.31. The number of carbonyl (C=O) groups excluding carboxylic acids is 2. The van der Waals surface area contributed by atoms with Crippen LogP contribution in [0.5, 0.6) is 11.5 Å². The van der Waals surface area contributed by atoms with E-state index in [0.717, 1.165) is 18.2 Å². The van der Waals surface area contributed by atoms with Gasteiger partial charge in [0.1, 0.15) is 11.5 Å². The van der Waals surface area contributed by atoms with Gasteiger partial charge in [0.05, 0.1) is 29.1 Å². The normalized spacial score (nSPS) is 10.9. The molecule has 0 aliphatic rings. The Morgan fingerprint density at radius 1 is 0.939 bits per heavy atom. The summed E-state index contributed by atoms with van der Waals surface area (Å²) in [5.41, 5.74) is -0.266. The molecule has 0 atom stereocenters. The number of methoxy groups -OCH3 is 1. The maximum Gasteiger partial charge on any atom is 0.416 e. The maximum atomic E-state index is 12.8. The zero-order valence-electron chi connectivity index (χ0n) is 17.2. The van der Waals surface area contributed by atoms with Crippen molar-refractivity contribution in [3.8, 4) is 11.5 Å².